The molecule has 2 nitrogen and oxygen atoms in total. The van der Waals surface area contributed by atoms with E-state index in [1.165, 1.54) is 9.13 Å². The van der Waals surface area contributed by atoms with Gasteiger partial charge in [0.1, 0.15) is 0 Å². The van der Waals surface area contributed by atoms with Gasteiger partial charge >= 0.3 is 0 Å². The molecule has 3 heteroatoms. The van der Waals surface area contributed by atoms with Crippen LogP contribution in [0.4, 0.5) is 5.69 Å². The van der Waals surface area contributed by atoms with Gasteiger partial charge in [-0.3, -0.25) is 4.99 Å². The van der Waals surface area contributed by atoms with Crippen LogP contribution in [0.1, 0.15) is 11.3 Å². The summed E-state index contributed by atoms with van der Waals surface area (Å²) in [5.41, 5.74) is 4.41. The van der Waals surface area contributed by atoms with Crippen molar-refractivity contribution in [3.63, 3.8) is 0 Å². The molecule has 0 aliphatic rings. The molecule has 0 bridgehead atoms. The number of para-hydroxylation sites is 1. The van der Waals surface area contributed by atoms with E-state index in [9.17, 15) is 0 Å². The van der Waals surface area contributed by atoms with Gasteiger partial charge in [0.25, 0.3) is 0 Å². The first-order valence-electron chi connectivity index (χ1n) is 6.77. The zero-order valence-corrected chi connectivity index (χ0v) is 13.9. The maximum atomic E-state index is 4.63. The lowest BCUT2D eigenvalue weighted by atomic mass is 10.2. The van der Waals surface area contributed by atoms with Crippen LogP contribution in [-0.2, 0) is 0 Å². The summed E-state index contributed by atoms with van der Waals surface area (Å²) in [5, 5.41) is 0. The predicted octanol–water partition coefficient (Wildman–Crippen LogP) is 5.14. The van der Waals surface area contributed by atoms with Gasteiger partial charge in [0, 0.05) is 15.5 Å². The molecule has 3 aromatic rings. The van der Waals surface area contributed by atoms with Crippen molar-refractivity contribution in [2.75, 3.05) is 0 Å². The molecule has 0 saturated carbocycles. The Morgan fingerprint density at radius 3 is 2.57 bits per heavy atom. The number of aliphatic imine (C=N–C) groups is 1. The Hall–Kier alpha value is -1.88. The van der Waals surface area contributed by atoms with Crippen molar-refractivity contribution in [2.45, 2.75) is 6.92 Å². The molecule has 0 aliphatic heterocycles. The molecule has 2 aromatic carbocycles. The lowest BCUT2D eigenvalue weighted by Gasteiger charge is -2.06. The number of rotatable bonds is 3. The van der Waals surface area contributed by atoms with Gasteiger partial charge in [-0.15, -0.1) is 0 Å². The van der Waals surface area contributed by atoms with Gasteiger partial charge in [-0.2, -0.15) is 0 Å². The van der Waals surface area contributed by atoms with Gasteiger partial charge in [0.05, 0.1) is 17.6 Å². The highest BCUT2D eigenvalue weighted by Gasteiger charge is 2.01. The third kappa shape index (κ3) is 3.24. The first-order chi connectivity index (χ1) is 10.2. The number of aromatic nitrogens is 1. The smallest absolute Gasteiger partial charge is 0.0660 e. The van der Waals surface area contributed by atoms with Crippen LogP contribution in [0, 0.1) is 10.5 Å². The normalized spacial score (nSPS) is 11.1. The molecule has 0 fully saturated rings. The topological polar surface area (TPSA) is 17.3 Å². The minimum Gasteiger partial charge on any atom is -0.316 e. The molecule has 0 aliphatic carbocycles. The average molecular weight is 386 g/mol. The van der Waals surface area contributed by atoms with Gasteiger partial charge < -0.3 is 4.57 Å². The van der Waals surface area contributed by atoms with Crippen LogP contribution in [0.3, 0.4) is 0 Å². The van der Waals surface area contributed by atoms with Crippen LogP contribution in [0.5, 0.6) is 0 Å². The monoisotopic (exact) mass is 386 g/mol. The molecule has 0 spiro atoms. The maximum absolute atomic E-state index is 4.63. The van der Waals surface area contributed by atoms with E-state index < -0.39 is 0 Å². The van der Waals surface area contributed by atoms with E-state index in [0.717, 1.165) is 17.1 Å². The summed E-state index contributed by atoms with van der Waals surface area (Å²) >= 11 is 2.32. The number of hydrogen-bond acceptors (Lipinski definition) is 1. The van der Waals surface area contributed by atoms with Crippen LogP contribution >= 0.6 is 22.6 Å². The zero-order valence-electron chi connectivity index (χ0n) is 11.7. The highest BCUT2D eigenvalue weighted by molar-refractivity contribution is 14.1. The van der Waals surface area contributed by atoms with Gasteiger partial charge in [-0.05, 0) is 77.5 Å². The third-order valence-electron chi connectivity index (χ3n) is 3.31. The van der Waals surface area contributed by atoms with Crippen molar-refractivity contribution in [2.24, 2.45) is 4.99 Å². The summed E-state index contributed by atoms with van der Waals surface area (Å²) in [5.74, 6) is 0. The molecule has 0 atom stereocenters. The summed E-state index contributed by atoms with van der Waals surface area (Å²) in [7, 11) is 0. The number of halogens is 1. The Morgan fingerprint density at radius 2 is 1.81 bits per heavy atom. The summed E-state index contributed by atoms with van der Waals surface area (Å²) in [4.78, 5) is 4.63. The summed E-state index contributed by atoms with van der Waals surface area (Å²) in [6.45, 7) is 2.09. The molecule has 3 rings (SSSR count). The van der Waals surface area contributed by atoms with Crippen molar-refractivity contribution in [3.05, 3.63) is 81.7 Å². The Labute approximate surface area is 138 Å². The van der Waals surface area contributed by atoms with Crippen molar-refractivity contribution in [1.82, 2.24) is 4.57 Å². The van der Waals surface area contributed by atoms with Gasteiger partial charge in [-0.25, -0.2) is 0 Å². The number of hydrogen-bond donors (Lipinski definition) is 0. The summed E-state index contributed by atoms with van der Waals surface area (Å²) in [6.07, 6.45) is 3.97. The van der Waals surface area contributed by atoms with Gasteiger partial charge in [-0.1, -0.05) is 18.2 Å². The summed E-state index contributed by atoms with van der Waals surface area (Å²) < 4.78 is 3.36. The van der Waals surface area contributed by atoms with Crippen LogP contribution in [-0.4, -0.2) is 10.8 Å². The minimum atomic E-state index is 1.01. The molecule has 0 unspecified atom stereocenters. The van der Waals surface area contributed by atoms with Crippen LogP contribution in [0.15, 0.2) is 71.9 Å². The van der Waals surface area contributed by atoms with E-state index in [4.69, 9.17) is 0 Å². The quantitative estimate of drug-likeness (QED) is 0.438. The van der Waals surface area contributed by atoms with Crippen molar-refractivity contribution >= 4 is 34.5 Å². The van der Waals surface area contributed by atoms with Crippen LogP contribution in [0.25, 0.3) is 5.69 Å². The van der Waals surface area contributed by atoms with Crippen LogP contribution in [0.2, 0.25) is 0 Å². The molecule has 104 valence electrons. The van der Waals surface area contributed by atoms with E-state index in [2.05, 4.69) is 81.7 Å². The highest BCUT2D eigenvalue weighted by atomic mass is 127. The Kier molecular flexibility index (Phi) is 4.20. The first-order valence-corrected chi connectivity index (χ1v) is 7.85. The van der Waals surface area contributed by atoms with Gasteiger partial charge in [0.15, 0.2) is 0 Å². The Balaban J connectivity index is 1.93. The van der Waals surface area contributed by atoms with Crippen molar-refractivity contribution in [3.8, 4) is 5.69 Å². The molecule has 21 heavy (non-hydrogen) atoms. The fourth-order valence-electron chi connectivity index (χ4n) is 2.22. The maximum Gasteiger partial charge on any atom is 0.0660 e. The molecule has 0 saturated heterocycles. The standard InChI is InChI=1S/C18H15IN2/c1-14-12-15(19)9-10-18(14)20-13-17-8-5-11-21(17)16-6-3-2-4-7-16/h2-13H,1H3. The second-order valence-corrected chi connectivity index (χ2v) is 6.07. The van der Waals surface area contributed by atoms with Crippen molar-refractivity contribution in [1.29, 1.82) is 0 Å². The Morgan fingerprint density at radius 1 is 1.00 bits per heavy atom. The average Bonchev–Trinajstić information content (AvgIpc) is 2.96. The highest BCUT2D eigenvalue weighted by Crippen LogP contribution is 2.21. The van der Waals surface area contributed by atoms with E-state index in [-0.39, 0.29) is 0 Å². The molecule has 0 amide bonds. The van der Waals surface area contributed by atoms with E-state index in [1.807, 2.05) is 30.5 Å². The molecular weight excluding hydrogens is 371 g/mol. The van der Waals surface area contributed by atoms with E-state index in [0.29, 0.717) is 0 Å². The number of nitrogens with zero attached hydrogens (tertiary/aromatic N) is 2. The second-order valence-electron chi connectivity index (χ2n) is 4.83. The second kappa shape index (κ2) is 6.26. The summed E-state index contributed by atoms with van der Waals surface area (Å²) in [6, 6.07) is 20.7. The Bertz CT molecular complexity index is 773. The fraction of sp³-hybridized carbons (Fsp3) is 0.0556. The van der Waals surface area contributed by atoms with Gasteiger partial charge in [0.2, 0.25) is 0 Å². The molecule has 0 N–H and O–H groups in total. The molecule has 1 heterocycles. The SMILES string of the molecule is Cc1cc(I)ccc1N=Cc1cccn1-c1ccccc1. The molecule has 0 radical (unpaired) electrons. The largest absolute Gasteiger partial charge is 0.316 e. The van der Waals surface area contributed by atoms with Crippen LogP contribution < -0.4 is 0 Å². The number of benzene rings is 2. The number of aryl methyl sites for hydroxylation is 1. The minimum absolute atomic E-state index is 1.01. The fourth-order valence-corrected chi connectivity index (χ4v) is 2.87. The van der Waals surface area contributed by atoms with E-state index >= 15 is 0 Å². The van der Waals surface area contributed by atoms with E-state index in [1.54, 1.807) is 0 Å². The zero-order chi connectivity index (χ0) is 14.7. The lowest BCUT2D eigenvalue weighted by molar-refractivity contribution is 1.07. The molecular formula is C18H15IN2. The lowest BCUT2D eigenvalue weighted by Crippen LogP contribution is -1.97. The van der Waals surface area contributed by atoms with Crippen molar-refractivity contribution < 1.29 is 0 Å². The predicted molar refractivity (Wildman–Crippen MR) is 96.9 cm³/mol. The third-order valence-corrected chi connectivity index (χ3v) is 3.98. The molecule has 1 aromatic heterocycles. The first kappa shape index (κ1) is 14.1.